The van der Waals surface area contributed by atoms with Gasteiger partial charge in [0.1, 0.15) is 5.82 Å². The molecule has 0 saturated carbocycles. The zero-order chi connectivity index (χ0) is 15.4. The second kappa shape index (κ2) is 6.51. The van der Waals surface area contributed by atoms with Gasteiger partial charge in [-0.3, -0.25) is 0 Å². The van der Waals surface area contributed by atoms with Gasteiger partial charge in [-0.15, -0.1) is 0 Å². The Morgan fingerprint density at radius 1 is 1.35 bits per heavy atom. The van der Waals surface area contributed by atoms with Crippen molar-refractivity contribution in [3.63, 3.8) is 0 Å². The van der Waals surface area contributed by atoms with Crippen molar-refractivity contribution in [3.8, 4) is 0 Å². The molecule has 0 radical (unpaired) electrons. The molecule has 7 heteroatoms. The number of pyridine rings is 1. The Balaban J connectivity index is 2.86. The average molecular weight is 300 g/mol. The van der Waals surface area contributed by atoms with Crippen molar-refractivity contribution in [1.82, 2.24) is 14.6 Å². The van der Waals surface area contributed by atoms with Gasteiger partial charge in [-0.05, 0) is 40.9 Å². The molecule has 1 rings (SSSR count). The van der Waals surface area contributed by atoms with Crippen LogP contribution >= 0.6 is 0 Å². The SMILES string of the molecule is CCNc1cc(S(=O)(=O)NCC(C)(C)N(C)C)ccn1. The maximum absolute atomic E-state index is 12.3. The van der Waals surface area contributed by atoms with Crippen LogP contribution in [0.15, 0.2) is 23.2 Å². The molecule has 0 saturated heterocycles. The molecule has 114 valence electrons. The van der Waals surface area contributed by atoms with Gasteiger partial charge in [0.05, 0.1) is 4.90 Å². The predicted octanol–water partition coefficient (Wildman–Crippen LogP) is 1.13. The fourth-order valence-electron chi connectivity index (χ4n) is 1.37. The fourth-order valence-corrected chi connectivity index (χ4v) is 2.59. The van der Waals surface area contributed by atoms with Crippen LogP contribution in [-0.2, 0) is 10.0 Å². The average Bonchev–Trinajstić information content (AvgIpc) is 2.37. The van der Waals surface area contributed by atoms with E-state index in [1.165, 1.54) is 18.3 Å². The van der Waals surface area contributed by atoms with Gasteiger partial charge in [0.15, 0.2) is 0 Å². The highest BCUT2D eigenvalue weighted by Crippen LogP contribution is 2.14. The second-order valence-electron chi connectivity index (χ2n) is 5.44. The Kier molecular flexibility index (Phi) is 5.50. The maximum Gasteiger partial charge on any atom is 0.240 e. The van der Waals surface area contributed by atoms with Gasteiger partial charge in [0.25, 0.3) is 0 Å². The number of sulfonamides is 1. The van der Waals surface area contributed by atoms with Crippen molar-refractivity contribution in [2.45, 2.75) is 31.2 Å². The molecular weight excluding hydrogens is 276 g/mol. The lowest BCUT2D eigenvalue weighted by molar-refractivity contribution is 0.199. The van der Waals surface area contributed by atoms with E-state index in [1.54, 1.807) is 0 Å². The Morgan fingerprint density at radius 3 is 2.55 bits per heavy atom. The van der Waals surface area contributed by atoms with Gasteiger partial charge in [-0.25, -0.2) is 18.1 Å². The van der Waals surface area contributed by atoms with Crippen molar-refractivity contribution in [2.75, 3.05) is 32.5 Å². The Hall–Kier alpha value is -1.18. The number of hydrogen-bond donors (Lipinski definition) is 2. The van der Waals surface area contributed by atoms with E-state index in [0.29, 0.717) is 18.9 Å². The van der Waals surface area contributed by atoms with Crippen LogP contribution in [0.4, 0.5) is 5.82 Å². The highest BCUT2D eigenvalue weighted by Gasteiger charge is 2.24. The Labute approximate surface area is 121 Å². The van der Waals surface area contributed by atoms with Gasteiger partial charge in [-0.2, -0.15) is 0 Å². The molecule has 0 amide bonds. The first kappa shape index (κ1) is 16.9. The molecule has 0 aliphatic rings. The summed E-state index contributed by atoms with van der Waals surface area (Å²) in [6, 6.07) is 3.03. The molecular formula is C13H24N4O2S. The number of aromatic nitrogens is 1. The summed E-state index contributed by atoms with van der Waals surface area (Å²) < 4.78 is 27.2. The number of nitrogens with zero attached hydrogens (tertiary/aromatic N) is 2. The van der Waals surface area contributed by atoms with Gasteiger partial charge >= 0.3 is 0 Å². The van der Waals surface area contributed by atoms with Crippen LogP contribution in [0, 0.1) is 0 Å². The van der Waals surface area contributed by atoms with E-state index in [4.69, 9.17) is 0 Å². The number of nitrogens with one attached hydrogen (secondary N) is 2. The molecule has 1 aromatic rings. The number of hydrogen-bond acceptors (Lipinski definition) is 5. The zero-order valence-electron chi connectivity index (χ0n) is 12.8. The lowest BCUT2D eigenvalue weighted by Gasteiger charge is -2.32. The Morgan fingerprint density at radius 2 is 2.00 bits per heavy atom. The number of anilines is 1. The molecule has 6 nitrogen and oxygen atoms in total. The minimum atomic E-state index is -3.52. The maximum atomic E-state index is 12.3. The third-order valence-electron chi connectivity index (χ3n) is 3.31. The molecule has 0 aliphatic heterocycles. The topological polar surface area (TPSA) is 74.3 Å². The van der Waals surface area contributed by atoms with E-state index in [1.807, 2.05) is 39.8 Å². The smallest absolute Gasteiger partial charge is 0.240 e. The summed E-state index contributed by atoms with van der Waals surface area (Å²) >= 11 is 0. The van der Waals surface area contributed by atoms with Crippen LogP contribution in [0.1, 0.15) is 20.8 Å². The zero-order valence-corrected chi connectivity index (χ0v) is 13.6. The van der Waals surface area contributed by atoms with E-state index < -0.39 is 10.0 Å². The lowest BCUT2D eigenvalue weighted by atomic mass is 10.1. The molecule has 0 atom stereocenters. The molecule has 1 heterocycles. The van der Waals surface area contributed by atoms with Gasteiger partial charge < -0.3 is 10.2 Å². The largest absolute Gasteiger partial charge is 0.370 e. The summed E-state index contributed by atoms with van der Waals surface area (Å²) in [6.45, 7) is 6.91. The van der Waals surface area contributed by atoms with E-state index in [2.05, 4.69) is 15.0 Å². The Bertz CT molecular complexity index is 541. The van der Waals surface area contributed by atoms with E-state index >= 15 is 0 Å². The van der Waals surface area contributed by atoms with E-state index in [9.17, 15) is 8.42 Å². The molecule has 0 unspecified atom stereocenters. The first-order chi connectivity index (χ1) is 9.19. The molecule has 0 fully saturated rings. The minimum absolute atomic E-state index is 0.220. The standard InChI is InChI=1S/C13H24N4O2S/c1-6-14-12-9-11(7-8-15-12)20(18,19)16-10-13(2,3)17(4)5/h7-9,16H,6,10H2,1-5H3,(H,14,15). The summed E-state index contributed by atoms with van der Waals surface area (Å²) in [4.78, 5) is 6.27. The van der Waals surface area contributed by atoms with Crippen molar-refractivity contribution < 1.29 is 8.42 Å². The minimum Gasteiger partial charge on any atom is -0.370 e. The first-order valence-corrected chi connectivity index (χ1v) is 8.04. The van der Waals surface area contributed by atoms with Crippen LogP contribution in [0.3, 0.4) is 0 Å². The van der Waals surface area contributed by atoms with Crippen molar-refractivity contribution in [1.29, 1.82) is 0 Å². The lowest BCUT2D eigenvalue weighted by Crippen LogP contribution is -2.48. The molecule has 2 N–H and O–H groups in total. The van der Waals surface area contributed by atoms with Crippen LogP contribution < -0.4 is 10.0 Å². The number of likely N-dealkylation sites (N-methyl/N-ethyl adjacent to an activating group) is 1. The van der Waals surface area contributed by atoms with Crippen molar-refractivity contribution in [2.24, 2.45) is 0 Å². The monoisotopic (exact) mass is 300 g/mol. The summed E-state index contributed by atoms with van der Waals surface area (Å²) in [5.74, 6) is 0.558. The molecule has 1 aromatic heterocycles. The summed E-state index contributed by atoms with van der Waals surface area (Å²) in [6.07, 6.45) is 1.49. The van der Waals surface area contributed by atoms with Crippen LogP contribution in [0.5, 0.6) is 0 Å². The highest BCUT2D eigenvalue weighted by atomic mass is 32.2. The molecule has 0 aliphatic carbocycles. The van der Waals surface area contributed by atoms with Crippen LogP contribution in [-0.4, -0.2) is 51.0 Å². The predicted molar refractivity (Wildman–Crippen MR) is 81.4 cm³/mol. The molecule has 20 heavy (non-hydrogen) atoms. The van der Waals surface area contributed by atoms with Crippen LogP contribution in [0.2, 0.25) is 0 Å². The van der Waals surface area contributed by atoms with E-state index in [0.717, 1.165) is 0 Å². The van der Waals surface area contributed by atoms with Gasteiger partial charge in [0, 0.05) is 30.9 Å². The molecule has 0 bridgehead atoms. The molecule has 0 aromatic carbocycles. The summed E-state index contributed by atoms with van der Waals surface area (Å²) in [5, 5.41) is 3.00. The highest BCUT2D eigenvalue weighted by molar-refractivity contribution is 7.89. The van der Waals surface area contributed by atoms with Crippen LogP contribution in [0.25, 0.3) is 0 Å². The van der Waals surface area contributed by atoms with Gasteiger partial charge in [0.2, 0.25) is 10.0 Å². The normalized spacial score (nSPS) is 12.7. The van der Waals surface area contributed by atoms with Gasteiger partial charge in [-0.1, -0.05) is 0 Å². The molecule has 0 spiro atoms. The number of rotatable bonds is 7. The third kappa shape index (κ3) is 4.43. The quantitative estimate of drug-likeness (QED) is 0.789. The van der Waals surface area contributed by atoms with Crippen molar-refractivity contribution in [3.05, 3.63) is 18.3 Å². The summed E-state index contributed by atoms with van der Waals surface area (Å²) in [5.41, 5.74) is -0.259. The third-order valence-corrected chi connectivity index (χ3v) is 4.70. The van der Waals surface area contributed by atoms with E-state index in [-0.39, 0.29) is 10.4 Å². The van der Waals surface area contributed by atoms with Crippen molar-refractivity contribution >= 4 is 15.8 Å². The summed E-state index contributed by atoms with van der Waals surface area (Å²) in [7, 11) is 0.317. The first-order valence-electron chi connectivity index (χ1n) is 6.56. The second-order valence-corrected chi connectivity index (χ2v) is 7.21. The fraction of sp³-hybridized carbons (Fsp3) is 0.615.